The normalized spacial score (nSPS) is 11.1. The maximum Gasteiger partial charge on any atom is 0.251 e. The van der Waals surface area contributed by atoms with Crippen molar-refractivity contribution in [2.75, 3.05) is 6.61 Å². The van der Waals surface area contributed by atoms with Crippen LogP contribution >= 0.6 is 0 Å². The van der Waals surface area contributed by atoms with Crippen LogP contribution in [-0.4, -0.2) is 17.5 Å². The van der Waals surface area contributed by atoms with E-state index in [1.807, 2.05) is 24.3 Å². The van der Waals surface area contributed by atoms with Gasteiger partial charge in [0.2, 0.25) is 0 Å². The Labute approximate surface area is 164 Å². The van der Waals surface area contributed by atoms with Crippen LogP contribution in [-0.2, 0) is 6.54 Å². The molecule has 1 N–H and O–H groups in total. The summed E-state index contributed by atoms with van der Waals surface area (Å²) in [5, 5.41) is 3.65. The molecule has 0 radical (unpaired) electrons. The number of pyridine rings is 1. The Morgan fingerprint density at radius 1 is 1.18 bits per heavy atom. The molecule has 4 nitrogen and oxygen atoms in total. The molecule has 0 spiro atoms. The van der Waals surface area contributed by atoms with Gasteiger partial charge in [-0.1, -0.05) is 43.7 Å². The van der Waals surface area contributed by atoms with Crippen LogP contribution in [0.2, 0.25) is 0 Å². The second kappa shape index (κ2) is 9.65. The molecule has 0 fully saturated rings. The molecule has 0 saturated carbocycles. The number of carbonyl (C=O) groups excluding carboxylic acids is 1. The van der Waals surface area contributed by atoms with Crippen molar-refractivity contribution >= 4 is 16.8 Å². The molecule has 144 valence electrons. The molecule has 0 aliphatic heterocycles. The number of rotatable bonds is 8. The number of hydrogen-bond acceptors (Lipinski definition) is 3. The molecule has 1 heterocycles. The van der Waals surface area contributed by atoms with E-state index in [1.165, 1.54) is 0 Å². The van der Waals surface area contributed by atoms with Gasteiger partial charge in [-0.15, -0.1) is 0 Å². The number of nitrogens with one attached hydrogen (secondary N) is 1. The first-order chi connectivity index (χ1) is 13.7. The first-order valence-corrected chi connectivity index (χ1v) is 9.37. The standard InChI is InChI=1S/C23H23FN2O2/c1-2-3-4-5-14-28-21-10-6-8-19(22(21)24)16-26-23(27)18-11-12-20-17(15-18)9-7-13-25-20/h4-13,15H,2-3,14,16H2,1H3,(H,26,27)/b5-4+. The summed E-state index contributed by atoms with van der Waals surface area (Å²) in [5.74, 6) is -0.530. The number of unbranched alkanes of at least 4 members (excludes halogenated alkanes) is 1. The van der Waals surface area contributed by atoms with Crippen LogP contribution in [0.15, 0.2) is 66.9 Å². The van der Waals surface area contributed by atoms with Crippen molar-refractivity contribution in [2.45, 2.75) is 26.3 Å². The van der Waals surface area contributed by atoms with Gasteiger partial charge in [0.05, 0.1) is 5.52 Å². The SMILES string of the molecule is CCC/C=C/COc1cccc(CNC(=O)c2ccc3ncccc3c2)c1F. The van der Waals surface area contributed by atoms with Gasteiger partial charge in [-0.3, -0.25) is 9.78 Å². The second-order valence-corrected chi connectivity index (χ2v) is 6.39. The fraction of sp³-hybridized carbons (Fsp3) is 0.217. The molecule has 0 unspecified atom stereocenters. The van der Waals surface area contributed by atoms with Crippen LogP contribution in [0, 0.1) is 5.82 Å². The van der Waals surface area contributed by atoms with Crippen LogP contribution in [0.25, 0.3) is 10.9 Å². The highest BCUT2D eigenvalue weighted by molar-refractivity contribution is 5.97. The number of benzene rings is 2. The topological polar surface area (TPSA) is 51.2 Å². The third-order valence-electron chi connectivity index (χ3n) is 4.30. The molecule has 0 aliphatic carbocycles. The predicted octanol–water partition coefficient (Wildman–Crippen LogP) is 5.04. The molecule has 3 aromatic rings. The minimum Gasteiger partial charge on any atom is -0.486 e. The minimum absolute atomic E-state index is 0.0820. The highest BCUT2D eigenvalue weighted by atomic mass is 19.1. The summed E-state index contributed by atoms with van der Waals surface area (Å²) in [7, 11) is 0. The van der Waals surface area contributed by atoms with E-state index in [4.69, 9.17) is 4.74 Å². The lowest BCUT2D eigenvalue weighted by molar-refractivity contribution is 0.0950. The quantitative estimate of drug-likeness (QED) is 0.559. The number of hydrogen-bond donors (Lipinski definition) is 1. The maximum atomic E-state index is 14.6. The first kappa shape index (κ1) is 19.5. The number of fused-ring (bicyclic) bond motifs is 1. The van der Waals surface area contributed by atoms with E-state index < -0.39 is 5.82 Å². The van der Waals surface area contributed by atoms with Gasteiger partial charge in [0, 0.05) is 29.3 Å². The minimum atomic E-state index is -0.450. The number of allylic oxidation sites excluding steroid dienone is 1. The molecule has 0 aliphatic rings. The van der Waals surface area contributed by atoms with Crippen molar-refractivity contribution in [1.29, 1.82) is 0 Å². The Hall–Kier alpha value is -3.21. The average molecular weight is 378 g/mol. The highest BCUT2D eigenvalue weighted by Crippen LogP contribution is 2.21. The molecule has 2 aromatic carbocycles. The van der Waals surface area contributed by atoms with E-state index >= 15 is 0 Å². The van der Waals surface area contributed by atoms with E-state index in [0.29, 0.717) is 17.7 Å². The molecule has 3 rings (SSSR count). The summed E-state index contributed by atoms with van der Waals surface area (Å²) in [4.78, 5) is 16.7. The zero-order valence-corrected chi connectivity index (χ0v) is 15.8. The smallest absolute Gasteiger partial charge is 0.251 e. The van der Waals surface area contributed by atoms with E-state index in [0.717, 1.165) is 23.7 Å². The molecule has 1 amide bonds. The Morgan fingerprint density at radius 2 is 2.07 bits per heavy atom. The van der Waals surface area contributed by atoms with Crippen molar-refractivity contribution in [2.24, 2.45) is 0 Å². The van der Waals surface area contributed by atoms with Gasteiger partial charge in [-0.25, -0.2) is 4.39 Å². The fourth-order valence-electron chi connectivity index (χ4n) is 2.79. The molecule has 28 heavy (non-hydrogen) atoms. The number of ether oxygens (including phenoxy) is 1. The molecule has 0 bridgehead atoms. The summed E-state index contributed by atoms with van der Waals surface area (Å²) in [6, 6.07) is 13.9. The first-order valence-electron chi connectivity index (χ1n) is 9.37. The van der Waals surface area contributed by atoms with Crippen molar-refractivity contribution in [1.82, 2.24) is 10.3 Å². The lowest BCUT2D eigenvalue weighted by atomic mass is 10.1. The van der Waals surface area contributed by atoms with E-state index in [2.05, 4.69) is 17.2 Å². The van der Waals surface area contributed by atoms with Crippen molar-refractivity contribution in [3.63, 3.8) is 0 Å². The van der Waals surface area contributed by atoms with Crippen molar-refractivity contribution in [3.05, 3.63) is 83.8 Å². The second-order valence-electron chi connectivity index (χ2n) is 6.39. The van der Waals surface area contributed by atoms with Gasteiger partial charge in [-0.2, -0.15) is 0 Å². The average Bonchev–Trinajstić information content (AvgIpc) is 2.73. The van der Waals surface area contributed by atoms with Crippen molar-refractivity contribution in [3.8, 4) is 5.75 Å². The Morgan fingerprint density at radius 3 is 2.93 bits per heavy atom. The third-order valence-corrected chi connectivity index (χ3v) is 4.30. The van der Waals surface area contributed by atoms with E-state index in [1.54, 1.807) is 42.6 Å². The van der Waals surface area contributed by atoms with Crippen LogP contribution < -0.4 is 10.1 Å². The van der Waals surface area contributed by atoms with Crippen LogP contribution in [0.5, 0.6) is 5.75 Å². The van der Waals surface area contributed by atoms with Gasteiger partial charge < -0.3 is 10.1 Å². The molecule has 1 aromatic heterocycles. The molecule has 0 atom stereocenters. The molecular formula is C23H23FN2O2. The van der Waals surface area contributed by atoms with Gasteiger partial charge in [0.25, 0.3) is 5.91 Å². The molecule has 5 heteroatoms. The molecular weight excluding hydrogens is 355 g/mol. The van der Waals surface area contributed by atoms with E-state index in [9.17, 15) is 9.18 Å². The number of aromatic nitrogens is 1. The highest BCUT2D eigenvalue weighted by Gasteiger charge is 2.11. The van der Waals surface area contributed by atoms with Gasteiger partial charge in [0.15, 0.2) is 11.6 Å². The largest absolute Gasteiger partial charge is 0.486 e. The van der Waals surface area contributed by atoms with Gasteiger partial charge in [-0.05, 0) is 36.8 Å². The number of nitrogens with zero attached hydrogens (tertiary/aromatic N) is 1. The van der Waals surface area contributed by atoms with Crippen LogP contribution in [0.4, 0.5) is 4.39 Å². The molecule has 0 saturated heterocycles. The van der Waals surface area contributed by atoms with E-state index in [-0.39, 0.29) is 18.2 Å². The Balaban J connectivity index is 1.63. The third kappa shape index (κ3) is 4.94. The monoisotopic (exact) mass is 378 g/mol. The van der Waals surface area contributed by atoms with Crippen molar-refractivity contribution < 1.29 is 13.9 Å². The predicted molar refractivity (Wildman–Crippen MR) is 109 cm³/mol. The van der Waals surface area contributed by atoms with Gasteiger partial charge >= 0.3 is 0 Å². The summed E-state index contributed by atoms with van der Waals surface area (Å²) >= 11 is 0. The Bertz CT molecular complexity index is 985. The lowest BCUT2D eigenvalue weighted by Gasteiger charge is -2.10. The lowest BCUT2D eigenvalue weighted by Crippen LogP contribution is -2.23. The van der Waals surface area contributed by atoms with Crippen LogP contribution in [0.1, 0.15) is 35.7 Å². The van der Waals surface area contributed by atoms with Gasteiger partial charge in [0.1, 0.15) is 6.61 Å². The number of carbonyl (C=O) groups is 1. The summed E-state index contributed by atoms with van der Waals surface area (Å²) in [6.07, 6.45) is 7.64. The maximum absolute atomic E-state index is 14.6. The fourth-order valence-corrected chi connectivity index (χ4v) is 2.79. The number of amides is 1. The number of halogens is 1. The zero-order valence-electron chi connectivity index (χ0n) is 15.8. The zero-order chi connectivity index (χ0) is 19.8. The van der Waals surface area contributed by atoms with Crippen LogP contribution in [0.3, 0.4) is 0 Å². The summed E-state index contributed by atoms with van der Waals surface area (Å²) in [5.41, 5.74) is 1.71. The summed E-state index contributed by atoms with van der Waals surface area (Å²) in [6.45, 7) is 2.49. The Kier molecular flexibility index (Phi) is 6.73. The summed E-state index contributed by atoms with van der Waals surface area (Å²) < 4.78 is 20.1.